The molecule has 0 saturated carbocycles. The summed E-state index contributed by atoms with van der Waals surface area (Å²) in [5.41, 5.74) is 9.58. The van der Waals surface area contributed by atoms with Gasteiger partial charge in [-0.15, -0.1) is 11.3 Å². The largest absolute Gasteiger partial charge is 0.463 e. The van der Waals surface area contributed by atoms with Gasteiger partial charge in [-0.1, -0.05) is 30.3 Å². The molecule has 0 aliphatic heterocycles. The Labute approximate surface area is 120 Å². The summed E-state index contributed by atoms with van der Waals surface area (Å²) in [7, 11) is 0. The Bertz CT molecular complexity index is 794. The molecular weight excluding hydrogens is 268 g/mol. The van der Waals surface area contributed by atoms with Crippen molar-refractivity contribution in [3.05, 3.63) is 53.1 Å². The van der Waals surface area contributed by atoms with E-state index in [-0.39, 0.29) is 0 Å². The minimum absolute atomic E-state index is 0.523. The molecule has 2 aromatic heterocycles. The highest BCUT2D eigenvalue weighted by atomic mass is 32.1. The second-order valence-corrected chi connectivity index (χ2v) is 5.48. The lowest BCUT2D eigenvalue weighted by atomic mass is 10.0. The van der Waals surface area contributed by atoms with Crippen LogP contribution < -0.4 is 5.73 Å². The molecule has 1 aromatic carbocycles. The highest BCUT2D eigenvalue weighted by Crippen LogP contribution is 2.45. The SMILES string of the molecule is Cc1ccoc1-c1sc(C#N)c(N)c1-c1ccccc1. The highest BCUT2D eigenvalue weighted by molar-refractivity contribution is 7.17. The summed E-state index contributed by atoms with van der Waals surface area (Å²) < 4.78 is 5.57. The van der Waals surface area contributed by atoms with Gasteiger partial charge in [-0.05, 0) is 24.1 Å². The predicted molar refractivity (Wildman–Crippen MR) is 81.3 cm³/mol. The Balaban J connectivity index is 2.31. The molecule has 0 saturated heterocycles. The van der Waals surface area contributed by atoms with Crippen LogP contribution in [0, 0.1) is 18.3 Å². The third kappa shape index (κ3) is 1.89. The number of thiophene rings is 1. The molecule has 0 unspecified atom stereocenters. The van der Waals surface area contributed by atoms with Crippen molar-refractivity contribution < 1.29 is 4.42 Å². The summed E-state index contributed by atoms with van der Waals surface area (Å²) in [6, 6.07) is 13.9. The molecule has 3 nitrogen and oxygen atoms in total. The fourth-order valence-corrected chi connectivity index (χ4v) is 3.28. The zero-order chi connectivity index (χ0) is 14.1. The molecule has 2 heterocycles. The van der Waals surface area contributed by atoms with E-state index in [1.165, 1.54) is 11.3 Å². The molecule has 0 radical (unpaired) electrons. The number of aryl methyl sites for hydroxylation is 1. The third-order valence-corrected chi connectivity index (χ3v) is 4.29. The monoisotopic (exact) mass is 280 g/mol. The van der Waals surface area contributed by atoms with Crippen molar-refractivity contribution in [2.45, 2.75) is 6.92 Å². The van der Waals surface area contributed by atoms with Gasteiger partial charge in [0.05, 0.1) is 16.8 Å². The van der Waals surface area contributed by atoms with E-state index in [9.17, 15) is 5.26 Å². The van der Waals surface area contributed by atoms with Gasteiger partial charge in [-0.2, -0.15) is 5.26 Å². The number of hydrogen-bond donors (Lipinski definition) is 1. The van der Waals surface area contributed by atoms with E-state index < -0.39 is 0 Å². The van der Waals surface area contributed by atoms with Gasteiger partial charge in [0.15, 0.2) is 0 Å². The Morgan fingerprint density at radius 2 is 1.95 bits per heavy atom. The van der Waals surface area contributed by atoms with Gasteiger partial charge >= 0.3 is 0 Å². The van der Waals surface area contributed by atoms with Crippen molar-refractivity contribution in [3.63, 3.8) is 0 Å². The van der Waals surface area contributed by atoms with Crippen LogP contribution in [0.15, 0.2) is 47.1 Å². The number of nitrogen functional groups attached to an aromatic ring is 1. The van der Waals surface area contributed by atoms with Crippen LogP contribution in [0.2, 0.25) is 0 Å². The maximum atomic E-state index is 9.22. The molecular formula is C16H12N2OS. The minimum Gasteiger partial charge on any atom is -0.463 e. The number of anilines is 1. The Morgan fingerprint density at radius 3 is 2.55 bits per heavy atom. The third-order valence-electron chi connectivity index (χ3n) is 3.18. The van der Waals surface area contributed by atoms with Crippen molar-refractivity contribution in [2.75, 3.05) is 5.73 Å². The summed E-state index contributed by atoms with van der Waals surface area (Å²) in [5.74, 6) is 0.780. The number of rotatable bonds is 2. The van der Waals surface area contributed by atoms with E-state index in [2.05, 4.69) is 6.07 Å². The smallest absolute Gasteiger partial charge is 0.147 e. The van der Waals surface area contributed by atoms with E-state index in [1.54, 1.807) is 6.26 Å². The fraction of sp³-hybridized carbons (Fsp3) is 0.0625. The van der Waals surface area contributed by atoms with Gasteiger partial charge in [-0.25, -0.2) is 0 Å². The van der Waals surface area contributed by atoms with Gasteiger partial charge in [0.25, 0.3) is 0 Å². The molecule has 0 aliphatic rings. The van der Waals surface area contributed by atoms with Gasteiger partial charge in [0.2, 0.25) is 0 Å². The van der Waals surface area contributed by atoms with Crippen LogP contribution in [-0.4, -0.2) is 0 Å². The number of furan rings is 1. The number of nitrogens with zero attached hydrogens (tertiary/aromatic N) is 1. The zero-order valence-electron chi connectivity index (χ0n) is 10.9. The molecule has 0 aliphatic carbocycles. The summed E-state index contributed by atoms with van der Waals surface area (Å²) in [4.78, 5) is 1.43. The topological polar surface area (TPSA) is 63.0 Å². The highest BCUT2D eigenvalue weighted by Gasteiger charge is 2.21. The molecule has 0 amide bonds. The Morgan fingerprint density at radius 1 is 1.20 bits per heavy atom. The average Bonchev–Trinajstić information content (AvgIpc) is 3.03. The van der Waals surface area contributed by atoms with Crippen molar-refractivity contribution >= 4 is 17.0 Å². The first-order chi connectivity index (χ1) is 9.72. The second kappa shape index (κ2) is 4.87. The summed E-state index contributed by atoms with van der Waals surface area (Å²) >= 11 is 1.37. The van der Waals surface area contributed by atoms with Crippen LogP contribution in [0.3, 0.4) is 0 Å². The molecule has 0 bridgehead atoms. The molecule has 0 fully saturated rings. The summed E-state index contributed by atoms with van der Waals surface area (Å²) in [6.07, 6.45) is 1.65. The Kier molecular flexibility index (Phi) is 3.05. The lowest BCUT2D eigenvalue weighted by molar-refractivity contribution is 0.582. The van der Waals surface area contributed by atoms with E-state index >= 15 is 0 Å². The normalized spacial score (nSPS) is 10.4. The van der Waals surface area contributed by atoms with Crippen molar-refractivity contribution in [1.82, 2.24) is 0 Å². The van der Waals surface area contributed by atoms with E-state index in [4.69, 9.17) is 10.2 Å². The maximum absolute atomic E-state index is 9.22. The molecule has 3 rings (SSSR count). The second-order valence-electron chi connectivity index (χ2n) is 4.46. The average molecular weight is 280 g/mol. The molecule has 3 aromatic rings. The zero-order valence-corrected chi connectivity index (χ0v) is 11.7. The first-order valence-electron chi connectivity index (χ1n) is 6.14. The molecule has 98 valence electrons. The lowest BCUT2D eigenvalue weighted by Gasteiger charge is -2.04. The fourth-order valence-electron chi connectivity index (χ4n) is 2.18. The standard InChI is InChI=1S/C16H12N2OS/c1-10-7-8-19-15(10)16-13(11-5-3-2-4-6-11)14(18)12(9-17)20-16/h2-8H,18H2,1H3. The first-order valence-corrected chi connectivity index (χ1v) is 6.96. The number of hydrogen-bond acceptors (Lipinski definition) is 4. The van der Waals surface area contributed by atoms with Crippen LogP contribution in [-0.2, 0) is 0 Å². The lowest BCUT2D eigenvalue weighted by Crippen LogP contribution is -1.89. The Hall–Kier alpha value is -2.51. The predicted octanol–water partition coefficient (Wildman–Crippen LogP) is 4.44. The van der Waals surface area contributed by atoms with Crippen LogP contribution in [0.5, 0.6) is 0 Å². The van der Waals surface area contributed by atoms with Gasteiger partial charge in [-0.3, -0.25) is 0 Å². The van der Waals surface area contributed by atoms with Crippen LogP contribution in [0.4, 0.5) is 5.69 Å². The molecule has 2 N–H and O–H groups in total. The van der Waals surface area contributed by atoms with Crippen LogP contribution >= 0.6 is 11.3 Å². The number of nitriles is 1. The number of benzene rings is 1. The summed E-state index contributed by atoms with van der Waals surface area (Å²) in [6.45, 7) is 1.98. The van der Waals surface area contributed by atoms with Crippen molar-refractivity contribution in [1.29, 1.82) is 5.26 Å². The van der Waals surface area contributed by atoms with Crippen LogP contribution in [0.1, 0.15) is 10.4 Å². The van der Waals surface area contributed by atoms with Gasteiger partial charge in [0, 0.05) is 5.56 Å². The van der Waals surface area contributed by atoms with Crippen LogP contribution in [0.25, 0.3) is 21.8 Å². The number of nitrogens with two attached hydrogens (primary N) is 1. The minimum atomic E-state index is 0.523. The van der Waals surface area contributed by atoms with Crippen molar-refractivity contribution in [2.24, 2.45) is 0 Å². The maximum Gasteiger partial charge on any atom is 0.147 e. The molecule has 4 heteroatoms. The molecule has 20 heavy (non-hydrogen) atoms. The summed E-state index contributed by atoms with van der Waals surface area (Å²) in [5, 5.41) is 9.22. The van der Waals surface area contributed by atoms with E-state index in [0.29, 0.717) is 10.6 Å². The van der Waals surface area contributed by atoms with E-state index in [0.717, 1.165) is 27.3 Å². The first kappa shape index (κ1) is 12.5. The van der Waals surface area contributed by atoms with Gasteiger partial charge in [0.1, 0.15) is 16.7 Å². The van der Waals surface area contributed by atoms with Crippen molar-refractivity contribution in [3.8, 4) is 27.8 Å². The van der Waals surface area contributed by atoms with Gasteiger partial charge < -0.3 is 10.2 Å². The van der Waals surface area contributed by atoms with E-state index in [1.807, 2.05) is 43.3 Å². The molecule has 0 spiro atoms. The quantitative estimate of drug-likeness (QED) is 0.755. The molecule has 0 atom stereocenters.